The molecule has 22 heavy (non-hydrogen) atoms. The highest BCUT2D eigenvalue weighted by atomic mass is 32.2. The molecular weight excluding hydrogens is 300 g/mol. The zero-order valence-electron chi connectivity index (χ0n) is 12.8. The lowest BCUT2D eigenvalue weighted by atomic mass is 10.3. The van der Waals surface area contributed by atoms with E-state index in [-0.39, 0.29) is 0 Å². The molecule has 0 bridgehead atoms. The standard InChI is InChI=1S/C16H24N2O3S/c1-2-3-6-19-7-8-20-9-10-21-11-12-22-14-4-5-15(17)16(18)13-14/h1,4-5,13H,3,6-12,17-18H2. The molecule has 0 atom stereocenters. The second kappa shape index (κ2) is 12.2. The summed E-state index contributed by atoms with van der Waals surface area (Å²) in [6, 6.07) is 5.65. The Morgan fingerprint density at radius 1 is 0.909 bits per heavy atom. The monoisotopic (exact) mass is 324 g/mol. The Kier molecular flexibility index (Phi) is 10.3. The summed E-state index contributed by atoms with van der Waals surface area (Å²) in [5.74, 6) is 3.37. The third kappa shape index (κ3) is 8.80. The fourth-order valence-electron chi connectivity index (χ4n) is 1.53. The first-order valence-electron chi connectivity index (χ1n) is 7.18. The highest BCUT2D eigenvalue weighted by Crippen LogP contribution is 2.24. The maximum absolute atomic E-state index is 5.75. The minimum Gasteiger partial charge on any atom is -0.397 e. The Bertz CT molecular complexity index is 463. The van der Waals surface area contributed by atoms with Crippen molar-refractivity contribution >= 4 is 23.1 Å². The van der Waals surface area contributed by atoms with Crippen molar-refractivity contribution in [1.82, 2.24) is 0 Å². The van der Waals surface area contributed by atoms with E-state index in [1.807, 2.05) is 18.2 Å². The highest BCUT2D eigenvalue weighted by Gasteiger charge is 1.98. The lowest BCUT2D eigenvalue weighted by molar-refractivity contribution is 0.0185. The van der Waals surface area contributed by atoms with Crippen molar-refractivity contribution in [2.45, 2.75) is 11.3 Å². The predicted molar refractivity (Wildman–Crippen MR) is 91.9 cm³/mol. The van der Waals surface area contributed by atoms with Gasteiger partial charge in [-0.2, -0.15) is 0 Å². The largest absolute Gasteiger partial charge is 0.397 e. The number of nitrogen functional groups attached to an aromatic ring is 2. The van der Waals surface area contributed by atoms with Gasteiger partial charge in [0.25, 0.3) is 0 Å². The minimum atomic E-state index is 0.563. The topological polar surface area (TPSA) is 79.7 Å². The summed E-state index contributed by atoms with van der Waals surface area (Å²) in [6.45, 7) is 3.52. The van der Waals surface area contributed by atoms with Gasteiger partial charge in [0.1, 0.15) is 0 Å². The van der Waals surface area contributed by atoms with Gasteiger partial charge >= 0.3 is 0 Å². The average Bonchev–Trinajstić information content (AvgIpc) is 2.52. The van der Waals surface area contributed by atoms with E-state index >= 15 is 0 Å². The van der Waals surface area contributed by atoms with Crippen LogP contribution in [0.3, 0.4) is 0 Å². The van der Waals surface area contributed by atoms with Crippen LogP contribution in [0.5, 0.6) is 0 Å². The molecule has 0 aliphatic carbocycles. The quantitative estimate of drug-likeness (QED) is 0.265. The van der Waals surface area contributed by atoms with Crippen LogP contribution in [0.4, 0.5) is 11.4 Å². The normalized spacial score (nSPS) is 10.5. The molecule has 4 N–H and O–H groups in total. The molecule has 0 heterocycles. The molecule has 0 spiro atoms. The molecule has 0 amide bonds. The SMILES string of the molecule is C#CCCOCCOCCOCCSc1ccc(N)c(N)c1. The Morgan fingerprint density at radius 2 is 1.55 bits per heavy atom. The highest BCUT2D eigenvalue weighted by molar-refractivity contribution is 7.99. The first-order valence-corrected chi connectivity index (χ1v) is 8.17. The second-order valence-corrected chi connectivity index (χ2v) is 5.60. The van der Waals surface area contributed by atoms with Crippen molar-refractivity contribution in [3.05, 3.63) is 18.2 Å². The predicted octanol–water partition coefficient (Wildman–Crippen LogP) is 2.02. The molecule has 1 aromatic carbocycles. The summed E-state index contributed by atoms with van der Waals surface area (Å²) < 4.78 is 16.1. The van der Waals surface area contributed by atoms with E-state index in [4.69, 9.17) is 32.1 Å². The minimum absolute atomic E-state index is 0.563. The fraction of sp³-hybridized carbons (Fsp3) is 0.500. The summed E-state index contributed by atoms with van der Waals surface area (Å²) in [5, 5.41) is 0. The Morgan fingerprint density at radius 3 is 2.18 bits per heavy atom. The molecule has 0 aliphatic heterocycles. The van der Waals surface area contributed by atoms with E-state index in [1.54, 1.807) is 11.8 Å². The molecule has 0 saturated heterocycles. The van der Waals surface area contributed by atoms with Gasteiger partial charge in [0, 0.05) is 17.1 Å². The van der Waals surface area contributed by atoms with Crippen LogP contribution in [-0.2, 0) is 14.2 Å². The van der Waals surface area contributed by atoms with Crippen molar-refractivity contribution in [3.8, 4) is 12.3 Å². The molecule has 0 saturated carbocycles. The van der Waals surface area contributed by atoms with Gasteiger partial charge < -0.3 is 25.7 Å². The summed E-state index contributed by atoms with van der Waals surface area (Å²) in [5.41, 5.74) is 12.6. The first-order chi connectivity index (χ1) is 10.7. The Labute approximate surface area is 136 Å². The van der Waals surface area contributed by atoms with Crippen molar-refractivity contribution in [3.63, 3.8) is 0 Å². The molecule has 0 aliphatic rings. The van der Waals surface area contributed by atoms with E-state index in [2.05, 4.69) is 5.92 Å². The molecule has 0 fully saturated rings. The third-order valence-corrected chi connectivity index (χ3v) is 3.65. The van der Waals surface area contributed by atoms with Crippen LogP contribution in [0, 0.1) is 12.3 Å². The second-order valence-electron chi connectivity index (χ2n) is 4.43. The molecule has 1 rings (SSSR count). The number of rotatable bonds is 12. The van der Waals surface area contributed by atoms with Crippen LogP contribution in [0.1, 0.15) is 6.42 Å². The van der Waals surface area contributed by atoms with Crippen LogP contribution in [0.15, 0.2) is 23.1 Å². The number of terminal acetylenes is 1. The summed E-state index contributed by atoms with van der Waals surface area (Å²) in [7, 11) is 0. The van der Waals surface area contributed by atoms with Gasteiger partial charge in [-0.15, -0.1) is 24.1 Å². The molecule has 5 nitrogen and oxygen atoms in total. The molecule has 122 valence electrons. The van der Waals surface area contributed by atoms with Crippen molar-refractivity contribution in [2.75, 3.05) is 56.9 Å². The molecule has 1 aromatic rings. The van der Waals surface area contributed by atoms with Gasteiger partial charge in [0.2, 0.25) is 0 Å². The number of ether oxygens (including phenoxy) is 3. The number of nitrogens with two attached hydrogens (primary N) is 2. The molecule has 0 unspecified atom stereocenters. The maximum atomic E-state index is 5.75. The Hall–Kier alpha value is -1.39. The van der Waals surface area contributed by atoms with E-state index in [1.165, 1.54) is 0 Å². The van der Waals surface area contributed by atoms with Crippen LogP contribution < -0.4 is 11.5 Å². The molecule has 6 heteroatoms. The van der Waals surface area contributed by atoms with Crippen molar-refractivity contribution in [2.24, 2.45) is 0 Å². The van der Waals surface area contributed by atoms with E-state index in [0.29, 0.717) is 57.4 Å². The van der Waals surface area contributed by atoms with Gasteiger partial charge in [-0.05, 0) is 18.2 Å². The maximum Gasteiger partial charge on any atom is 0.0701 e. The van der Waals surface area contributed by atoms with Gasteiger partial charge in [-0.1, -0.05) is 0 Å². The molecular formula is C16H24N2O3S. The van der Waals surface area contributed by atoms with E-state index in [9.17, 15) is 0 Å². The van der Waals surface area contributed by atoms with Crippen LogP contribution in [0.2, 0.25) is 0 Å². The zero-order chi connectivity index (χ0) is 16.0. The lowest BCUT2D eigenvalue weighted by Crippen LogP contribution is -2.10. The fourth-order valence-corrected chi connectivity index (χ4v) is 2.35. The number of hydrogen-bond acceptors (Lipinski definition) is 6. The van der Waals surface area contributed by atoms with Crippen molar-refractivity contribution in [1.29, 1.82) is 0 Å². The number of benzene rings is 1. The average molecular weight is 324 g/mol. The van der Waals surface area contributed by atoms with E-state index < -0.39 is 0 Å². The van der Waals surface area contributed by atoms with E-state index in [0.717, 1.165) is 10.6 Å². The Balaban J connectivity index is 1.89. The summed E-state index contributed by atoms with van der Waals surface area (Å²) in [6.07, 6.45) is 5.75. The number of thioether (sulfide) groups is 1. The van der Waals surface area contributed by atoms with Gasteiger partial charge in [-0.25, -0.2) is 0 Å². The van der Waals surface area contributed by atoms with Crippen LogP contribution in [-0.4, -0.2) is 45.4 Å². The summed E-state index contributed by atoms with van der Waals surface area (Å²) >= 11 is 1.69. The lowest BCUT2D eigenvalue weighted by Gasteiger charge is -2.07. The third-order valence-electron chi connectivity index (χ3n) is 2.69. The molecule has 0 radical (unpaired) electrons. The van der Waals surface area contributed by atoms with Crippen molar-refractivity contribution < 1.29 is 14.2 Å². The van der Waals surface area contributed by atoms with Crippen LogP contribution >= 0.6 is 11.8 Å². The van der Waals surface area contributed by atoms with Gasteiger partial charge in [0.15, 0.2) is 0 Å². The first kappa shape index (κ1) is 18.7. The van der Waals surface area contributed by atoms with Crippen LogP contribution in [0.25, 0.3) is 0 Å². The van der Waals surface area contributed by atoms with Gasteiger partial charge in [0.05, 0.1) is 51.0 Å². The zero-order valence-corrected chi connectivity index (χ0v) is 13.6. The molecule has 0 aromatic heterocycles. The summed E-state index contributed by atoms with van der Waals surface area (Å²) in [4.78, 5) is 1.09. The number of anilines is 2. The number of hydrogen-bond donors (Lipinski definition) is 2. The van der Waals surface area contributed by atoms with Gasteiger partial charge in [-0.3, -0.25) is 0 Å². The smallest absolute Gasteiger partial charge is 0.0701 e.